The molecule has 0 atom stereocenters. The number of hydrogen-bond acceptors (Lipinski definition) is 2. The summed E-state index contributed by atoms with van der Waals surface area (Å²) in [6.45, 7) is 0.873. The lowest BCUT2D eigenvalue weighted by molar-refractivity contribution is -0.688. The van der Waals surface area contributed by atoms with Gasteiger partial charge < -0.3 is 9.64 Å². The molecule has 2 aromatic rings. The summed E-state index contributed by atoms with van der Waals surface area (Å²) in [5.41, 5.74) is 2.47. The number of rotatable bonds is 4. The van der Waals surface area contributed by atoms with Crippen molar-refractivity contribution in [3.63, 3.8) is 0 Å². The van der Waals surface area contributed by atoms with E-state index in [1.807, 2.05) is 26.2 Å². The molecule has 1 aromatic heterocycles. The smallest absolute Gasteiger partial charge is 0.173 e. The maximum absolute atomic E-state index is 5.15. The molecule has 0 fully saturated rings. The van der Waals surface area contributed by atoms with Crippen molar-refractivity contribution in [2.45, 2.75) is 6.54 Å². The molecule has 0 saturated heterocycles. The molecule has 3 nitrogen and oxygen atoms in total. The zero-order valence-corrected chi connectivity index (χ0v) is 11.1. The van der Waals surface area contributed by atoms with Gasteiger partial charge in [-0.2, -0.15) is 0 Å². The summed E-state index contributed by atoms with van der Waals surface area (Å²) < 4.78 is 7.31. The SMILES string of the molecule is COc1ccc(C[n+]2ccc(N(C)C)cc2)cc1. The van der Waals surface area contributed by atoms with Crippen molar-refractivity contribution in [3.8, 4) is 5.75 Å². The van der Waals surface area contributed by atoms with E-state index >= 15 is 0 Å². The number of anilines is 1. The lowest BCUT2D eigenvalue weighted by Crippen LogP contribution is -2.33. The Morgan fingerprint density at radius 3 is 2.11 bits per heavy atom. The lowest BCUT2D eigenvalue weighted by Gasteiger charge is -2.10. The molecule has 1 heterocycles. The van der Waals surface area contributed by atoms with Crippen LogP contribution in [0.1, 0.15) is 5.56 Å². The van der Waals surface area contributed by atoms with Crippen molar-refractivity contribution in [2.24, 2.45) is 0 Å². The predicted octanol–water partition coefficient (Wildman–Crippen LogP) is 2.10. The van der Waals surface area contributed by atoms with Crippen molar-refractivity contribution in [2.75, 3.05) is 26.1 Å². The number of ether oxygens (including phenoxy) is 1. The van der Waals surface area contributed by atoms with Crippen LogP contribution < -0.4 is 14.2 Å². The molecule has 2 rings (SSSR count). The van der Waals surface area contributed by atoms with Crippen molar-refractivity contribution in [1.82, 2.24) is 0 Å². The van der Waals surface area contributed by atoms with Crippen LogP contribution in [0.4, 0.5) is 5.69 Å². The van der Waals surface area contributed by atoms with Gasteiger partial charge in [-0.25, -0.2) is 4.57 Å². The van der Waals surface area contributed by atoms with Crippen LogP contribution in [0.25, 0.3) is 0 Å². The Labute approximate surface area is 108 Å². The number of methoxy groups -OCH3 is 1. The summed E-state index contributed by atoms with van der Waals surface area (Å²) in [5.74, 6) is 0.895. The van der Waals surface area contributed by atoms with Crippen molar-refractivity contribution < 1.29 is 9.30 Å². The molecular weight excluding hydrogens is 224 g/mol. The average molecular weight is 243 g/mol. The zero-order chi connectivity index (χ0) is 13.0. The van der Waals surface area contributed by atoms with Gasteiger partial charge >= 0.3 is 0 Å². The number of aromatic nitrogens is 1. The summed E-state index contributed by atoms with van der Waals surface area (Å²) >= 11 is 0. The van der Waals surface area contributed by atoms with Gasteiger partial charge in [0.15, 0.2) is 18.9 Å². The summed E-state index contributed by atoms with van der Waals surface area (Å²) in [6.07, 6.45) is 4.19. The fraction of sp³-hybridized carbons (Fsp3) is 0.267. The monoisotopic (exact) mass is 243 g/mol. The highest BCUT2D eigenvalue weighted by Gasteiger charge is 2.04. The van der Waals surface area contributed by atoms with Crippen LogP contribution in [0.5, 0.6) is 5.75 Å². The van der Waals surface area contributed by atoms with Gasteiger partial charge in [-0.1, -0.05) is 0 Å². The largest absolute Gasteiger partial charge is 0.497 e. The third-order valence-corrected chi connectivity index (χ3v) is 2.91. The van der Waals surface area contributed by atoms with E-state index < -0.39 is 0 Å². The second-order valence-electron chi connectivity index (χ2n) is 4.47. The van der Waals surface area contributed by atoms with Gasteiger partial charge in [-0.15, -0.1) is 0 Å². The maximum atomic E-state index is 5.15. The van der Waals surface area contributed by atoms with Crippen LogP contribution in [0, 0.1) is 0 Å². The Kier molecular flexibility index (Phi) is 3.82. The third-order valence-electron chi connectivity index (χ3n) is 2.91. The highest BCUT2D eigenvalue weighted by Crippen LogP contribution is 2.11. The fourth-order valence-electron chi connectivity index (χ4n) is 1.79. The maximum Gasteiger partial charge on any atom is 0.173 e. The normalized spacial score (nSPS) is 10.2. The van der Waals surface area contributed by atoms with Crippen molar-refractivity contribution >= 4 is 5.69 Å². The second kappa shape index (κ2) is 5.54. The van der Waals surface area contributed by atoms with Gasteiger partial charge in [-0.3, -0.25) is 0 Å². The zero-order valence-electron chi connectivity index (χ0n) is 11.1. The molecule has 0 saturated carbocycles. The van der Waals surface area contributed by atoms with Gasteiger partial charge in [0.25, 0.3) is 0 Å². The van der Waals surface area contributed by atoms with E-state index in [4.69, 9.17) is 4.74 Å². The first-order valence-electron chi connectivity index (χ1n) is 5.98. The topological polar surface area (TPSA) is 16.4 Å². The van der Waals surface area contributed by atoms with E-state index in [1.165, 1.54) is 11.3 Å². The van der Waals surface area contributed by atoms with Gasteiger partial charge in [-0.05, 0) is 24.3 Å². The van der Waals surface area contributed by atoms with E-state index in [-0.39, 0.29) is 0 Å². The first kappa shape index (κ1) is 12.4. The molecule has 3 heteroatoms. The van der Waals surface area contributed by atoms with Crippen LogP contribution in [0.2, 0.25) is 0 Å². The van der Waals surface area contributed by atoms with E-state index in [9.17, 15) is 0 Å². The first-order chi connectivity index (χ1) is 8.69. The molecule has 18 heavy (non-hydrogen) atoms. The van der Waals surface area contributed by atoms with Gasteiger partial charge in [0.05, 0.1) is 7.11 Å². The van der Waals surface area contributed by atoms with Crippen molar-refractivity contribution in [3.05, 3.63) is 54.4 Å². The molecule has 94 valence electrons. The number of nitrogens with zero attached hydrogens (tertiary/aromatic N) is 2. The summed E-state index contributed by atoms with van der Waals surface area (Å²) in [7, 11) is 5.77. The number of hydrogen-bond donors (Lipinski definition) is 0. The molecule has 0 aliphatic heterocycles. The van der Waals surface area contributed by atoms with Crippen LogP contribution in [-0.4, -0.2) is 21.2 Å². The minimum Gasteiger partial charge on any atom is -0.497 e. The Morgan fingerprint density at radius 2 is 1.61 bits per heavy atom. The lowest BCUT2D eigenvalue weighted by atomic mass is 10.2. The Balaban J connectivity index is 2.08. The molecular formula is C15H19N2O+. The molecule has 1 aromatic carbocycles. The van der Waals surface area contributed by atoms with Crippen LogP contribution in [0.3, 0.4) is 0 Å². The quantitative estimate of drug-likeness (QED) is 0.765. The number of benzene rings is 1. The first-order valence-corrected chi connectivity index (χ1v) is 5.98. The molecule has 0 spiro atoms. The average Bonchev–Trinajstić information content (AvgIpc) is 2.40. The number of pyridine rings is 1. The summed E-state index contributed by atoms with van der Waals surface area (Å²) in [4.78, 5) is 2.09. The Hall–Kier alpha value is -2.03. The molecule has 0 aliphatic carbocycles. The van der Waals surface area contributed by atoms with E-state index in [1.54, 1.807) is 7.11 Å². The Morgan fingerprint density at radius 1 is 1.00 bits per heavy atom. The van der Waals surface area contributed by atoms with Gasteiger partial charge in [0.1, 0.15) is 5.75 Å². The minimum absolute atomic E-state index is 0.873. The fourth-order valence-corrected chi connectivity index (χ4v) is 1.79. The highest BCUT2D eigenvalue weighted by molar-refractivity contribution is 5.41. The molecule has 0 unspecified atom stereocenters. The van der Waals surface area contributed by atoms with E-state index in [0.717, 1.165) is 12.3 Å². The Bertz CT molecular complexity index is 489. The predicted molar refractivity (Wildman–Crippen MR) is 73.1 cm³/mol. The van der Waals surface area contributed by atoms with Gasteiger partial charge in [0, 0.05) is 37.5 Å². The molecule has 0 aliphatic rings. The van der Waals surface area contributed by atoms with Crippen LogP contribution >= 0.6 is 0 Å². The van der Waals surface area contributed by atoms with Gasteiger partial charge in [0.2, 0.25) is 0 Å². The molecule has 0 amide bonds. The van der Waals surface area contributed by atoms with E-state index in [0.29, 0.717) is 0 Å². The standard InChI is InChI=1S/C15H19N2O/c1-16(2)14-8-10-17(11-9-14)12-13-4-6-15(18-3)7-5-13/h4-11H,12H2,1-3H3/q+1. The molecule has 0 bridgehead atoms. The summed E-state index contributed by atoms with van der Waals surface area (Å²) in [5, 5.41) is 0. The van der Waals surface area contributed by atoms with Crippen molar-refractivity contribution in [1.29, 1.82) is 0 Å². The minimum atomic E-state index is 0.873. The van der Waals surface area contributed by atoms with E-state index in [2.05, 4.69) is 46.1 Å². The summed E-state index contributed by atoms with van der Waals surface area (Å²) in [6, 6.07) is 12.4. The second-order valence-corrected chi connectivity index (χ2v) is 4.47. The van der Waals surface area contributed by atoms with Crippen LogP contribution in [0.15, 0.2) is 48.8 Å². The third kappa shape index (κ3) is 3.00. The molecule has 0 N–H and O–H groups in total. The van der Waals surface area contributed by atoms with Crippen LogP contribution in [-0.2, 0) is 6.54 Å². The molecule has 0 radical (unpaired) electrons. The highest BCUT2D eigenvalue weighted by atomic mass is 16.5.